The van der Waals surface area contributed by atoms with E-state index in [0.29, 0.717) is 33.8 Å². The van der Waals surface area contributed by atoms with Gasteiger partial charge in [0.2, 0.25) is 0 Å². The van der Waals surface area contributed by atoms with Gasteiger partial charge in [-0.1, -0.05) is 18.2 Å². The van der Waals surface area contributed by atoms with Crippen molar-refractivity contribution in [3.8, 4) is 11.5 Å². The van der Waals surface area contributed by atoms with E-state index in [1.54, 1.807) is 49.6 Å². The smallest absolute Gasteiger partial charge is 0.333 e. The summed E-state index contributed by atoms with van der Waals surface area (Å²) >= 11 is 3.45. The number of carbonyl (C=O) groups is 2. The Bertz CT molecular complexity index is 881. The number of nitrogens with zero attached hydrogens (tertiary/aromatic N) is 1. The maximum Gasteiger partial charge on any atom is 0.333 e. The monoisotopic (exact) mass is 416 g/mol. The molecule has 1 N–H and O–H groups in total. The normalized spacial score (nSPS) is 15.3. The number of amides is 3. The highest BCUT2D eigenvalue weighted by atomic mass is 79.9. The van der Waals surface area contributed by atoms with Crippen molar-refractivity contribution in [2.75, 3.05) is 18.6 Å². The Morgan fingerprint density at radius 3 is 2.58 bits per heavy atom. The minimum Gasteiger partial charge on any atom is -0.493 e. The molecule has 0 spiro atoms. The topological polar surface area (TPSA) is 67.9 Å². The molecule has 26 heavy (non-hydrogen) atoms. The van der Waals surface area contributed by atoms with E-state index in [4.69, 9.17) is 9.47 Å². The van der Waals surface area contributed by atoms with Crippen molar-refractivity contribution in [3.63, 3.8) is 0 Å². The summed E-state index contributed by atoms with van der Waals surface area (Å²) in [5, 5.41) is 2.61. The van der Waals surface area contributed by atoms with Crippen molar-refractivity contribution in [1.82, 2.24) is 5.32 Å². The first kappa shape index (κ1) is 18.0. The fraction of sp³-hybridized carbons (Fsp3) is 0.158. The fourth-order valence-corrected chi connectivity index (χ4v) is 3.20. The third-order valence-electron chi connectivity index (χ3n) is 3.74. The quantitative estimate of drug-likeness (QED) is 0.591. The molecular weight excluding hydrogens is 400 g/mol. The summed E-state index contributed by atoms with van der Waals surface area (Å²) in [5.41, 5.74) is 1.40. The van der Waals surface area contributed by atoms with Crippen LogP contribution in [0.5, 0.6) is 11.5 Å². The number of ether oxygens (including phenoxy) is 2. The molecule has 0 aliphatic carbocycles. The molecule has 0 radical (unpaired) electrons. The highest BCUT2D eigenvalue weighted by Gasteiger charge is 2.34. The Balaban J connectivity index is 1.95. The molecule has 1 aliphatic rings. The number of imide groups is 1. The van der Waals surface area contributed by atoms with E-state index >= 15 is 0 Å². The number of hydrogen-bond acceptors (Lipinski definition) is 4. The summed E-state index contributed by atoms with van der Waals surface area (Å²) in [4.78, 5) is 26.0. The second-order valence-electron chi connectivity index (χ2n) is 5.43. The predicted molar refractivity (Wildman–Crippen MR) is 102 cm³/mol. The van der Waals surface area contributed by atoms with Crippen LogP contribution in [0.15, 0.2) is 52.6 Å². The van der Waals surface area contributed by atoms with E-state index in [0.717, 1.165) is 4.90 Å². The van der Waals surface area contributed by atoms with E-state index in [1.165, 1.54) is 0 Å². The first-order valence-electron chi connectivity index (χ1n) is 7.97. The van der Waals surface area contributed by atoms with E-state index in [1.807, 2.05) is 13.0 Å². The molecule has 3 rings (SSSR count). The summed E-state index contributed by atoms with van der Waals surface area (Å²) in [5.74, 6) is 0.708. The SMILES string of the molecule is CCOc1c(Br)cc(C=C2NC(=O)N(c3ccccc3)C2=O)cc1OC. The van der Waals surface area contributed by atoms with Gasteiger partial charge in [0.05, 0.1) is 23.9 Å². The molecule has 1 saturated heterocycles. The summed E-state index contributed by atoms with van der Waals surface area (Å²) in [7, 11) is 1.54. The van der Waals surface area contributed by atoms with Crippen LogP contribution in [0.3, 0.4) is 0 Å². The number of halogens is 1. The highest BCUT2D eigenvalue weighted by molar-refractivity contribution is 9.10. The van der Waals surface area contributed by atoms with Crippen molar-refractivity contribution in [2.24, 2.45) is 0 Å². The van der Waals surface area contributed by atoms with Gasteiger partial charge >= 0.3 is 6.03 Å². The van der Waals surface area contributed by atoms with Crippen LogP contribution >= 0.6 is 15.9 Å². The molecule has 1 heterocycles. The molecule has 2 aromatic rings. The molecule has 7 heteroatoms. The number of benzene rings is 2. The molecule has 6 nitrogen and oxygen atoms in total. The van der Waals surface area contributed by atoms with Crippen LogP contribution in [0.4, 0.5) is 10.5 Å². The molecule has 0 bridgehead atoms. The van der Waals surface area contributed by atoms with Crippen molar-refractivity contribution in [1.29, 1.82) is 0 Å². The van der Waals surface area contributed by atoms with Gasteiger partial charge in [-0.25, -0.2) is 9.69 Å². The van der Waals surface area contributed by atoms with Crippen LogP contribution in [0.2, 0.25) is 0 Å². The second-order valence-corrected chi connectivity index (χ2v) is 6.29. The summed E-state index contributed by atoms with van der Waals surface area (Å²) in [6.45, 7) is 2.38. The van der Waals surface area contributed by atoms with E-state index in [-0.39, 0.29) is 5.70 Å². The maximum atomic E-state index is 12.6. The molecule has 3 amide bonds. The highest BCUT2D eigenvalue weighted by Crippen LogP contribution is 2.37. The Labute approximate surface area is 159 Å². The number of hydrogen-bond donors (Lipinski definition) is 1. The number of carbonyl (C=O) groups excluding carboxylic acids is 2. The molecule has 0 atom stereocenters. The number of nitrogens with one attached hydrogen (secondary N) is 1. The van der Waals surface area contributed by atoms with Crippen molar-refractivity contribution in [3.05, 3.63) is 58.2 Å². The lowest BCUT2D eigenvalue weighted by atomic mass is 10.1. The molecule has 1 fully saturated rings. The number of anilines is 1. The average molecular weight is 417 g/mol. The summed E-state index contributed by atoms with van der Waals surface area (Å²) < 4.78 is 11.6. The number of rotatable bonds is 5. The van der Waals surface area contributed by atoms with Crippen LogP contribution in [-0.4, -0.2) is 25.7 Å². The zero-order valence-electron chi connectivity index (χ0n) is 14.3. The molecule has 2 aromatic carbocycles. The van der Waals surface area contributed by atoms with Crippen LogP contribution in [-0.2, 0) is 4.79 Å². The van der Waals surface area contributed by atoms with Crippen LogP contribution in [0, 0.1) is 0 Å². The molecule has 1 aliphatic heterocycles. The average Bonchev–Trinajstić information content (AvgIpc) is 2.91. The summed E-state index contributed by atoms with van der Waals surface area (Å²) in [6, 6.07) is 11.8. The van der Waals surface area contributed by atoms with Gasteiger partial charge in [-0.05, 0) is 58.8 Å². The summed E-state index contributed by atoms with van der Waals surface area (Å²) in [6.07, 6.45) is 1.60. The first-order valence-corrected chi connectivity index (χ1v) is 8.77. The fourth-order valence-electron chi connectivity index (χ4n) is 2.62. The van der Waals surface area contributed by atoms with Gasteiger partial charge in [0.15, 0.2) is 11.5 Å². The second kappa shape index (κ2) is 7.61. The first-order chi connectivity index (χ1) is 12.5. The molecule has 134 valence electrons. The Morgan fingerprint density at radius 2 is 1.92 bits per heavy atom. The van der Waals surface area contributed by atoms with E-state index in [9.17, 15) is 9.59 Å². The number of para-hydroxylation sites is 1. The third kappa shape index (κ3) is 3.43. The Kier molecular flexibility index (Phi) is 5.27. The zero-order chi connectivity index (χ0) is 18.7. The van der Waals surface area contributed by atoms with Crippen LogP contribution < -0.4 is 19.7 Å². The number of urea groups is 1. The Morgan fingerprint density at radius 1 is 1.19 bits per heavy atom. The lowest BCUT2D eigenvalue weighted by molar-refractivity contribution is -0.113. The maximum absolute atomic E-state index is 12.6. The lowest BCUT2D eigenvalue weighted by Crippen LogP contribution is -2.30. The van der Waals surface area contributed by atoms with Gasteiger partial charge in [-0.15, -0.1) is 0 Å². The lowest BCUT2D eigenvalue weighted by Gasteiger charge is -2.12. The molecule has 0 aromatic heterocycles. The van der Waals surface area contributed by atoms with E-state index in [2.05, 4.69) is 21.2 Å². The van der Waals surface area contributed by atoms with Gasteiger partial charge in [0.25, 0.3) is 5.91 Å². The van der Waals surface area contributed by atoms with Gasteiger partial charge in [0, 0.05) is 0 Å². The van der Waals surface area contributed by atoms with E-state index < -0.39 is 11.9 Å². The van der Waals surface area contributed by atoms with Crippen LogP contribution in [0.25, 0.3) is 6.08 Å². The Hall–Kier alpha value is -2.80. The van der Waals surface area contributed by atoms with Gasteiger partial charge in [-0.3, -0.25) is 4.79 Å². The molecular formula is C19H17BrN2O4. The van der Waals surface area contributed by atoms with Gasteiger partial charge in [0.1, 0.15) is 5.70 Å². The standard InChI is InChI=1S/C19H17BrN2O4/c1-3-26-17-14(20)9-12(11-16(17)25-2)10-15-18(23)22(19(24)21-15)13-7-5-4-6-8-13/h4-11H,3H2,1-2H3,(H,21,24). The predicted octanol–water partition coefficient (Wildman–Crippen LogP) is 3.95. The van der Waals surface area contributed by atoms with Crippen LogP contribution in [0.1, 0.15) is 12.5 Å². The minimum absolute atomic E-state index is 0.192. The third-order valence-corrected chi connectivity index (χ3v) is 4.33. The van der Waals surface area contributed by atoms with Gasteiger partial charge < -0.3 is 14.8 Å². The van der Waals surface area contributed by atoms with Crippen molar-refractivity contribution < 1.29 is 19.1 Å². The van der Waals surface area contributed by atoms with Crippen molar-refractivity contribution in [2.45, 2.75) is 6.92 Å². The number of methoxy groups -OCH3 is 1. The molecule has 0 unspecified atom stereocenters. The van der Waals surface area contributed by atoms with Gasteiger partial charge in [-0.2, -0.15) is 0 Å². The largest absolute Gasteiger partial charge is 0.493 e. The minimum atomic E-state index is -0.482. The zero-order valence-corrected chi connectivity index (χ0v) is 15.9. The molecule has 0 saturated carbocycles. The van der Waals surface area contributed by atoms with Crippen molar-refractivity contribution >= 4 is 39.6 Å².